The first-order valence-corrected chi connectivity index (χ1v) is 13.2. The van der Waals surface area contributed by atoms with Gasteiger partial charge < -0.3 is 20.6 Å². The Morgan fingerprint density at radius 1 is 1.14 bits per heavy atom. The van der Waals surface area contributed by atoms with Crippen LogP contribution in [0.5, 0.6) is 5.88 Å². The molecule has 0 atom stereocenters. The molecule has 0 unspecified atom stereocenters. The Hall–Kier alpha value is -4.01. The summed E-state index contributed by atoms with van der Waals surface area (Å²) in [4.78, 5) is 31.1. The molecule has 4 rings (SSSR count). The molecule has 11 nitrogen and oxygen atoms in total. The van der Waals surface area contributed by atoms with E-state index in [2.05, 4.69) is 15.6 Å². The average Bonchev–Trinajstić information content (AvgIpc) is 3.27. The Balaban J connectivity index is 1.50. The highest BCUT2D eigenvalue weighted by Gasteiger charge is 2.20. The summed E-state index contributed by atoms with van der Waals surface area (Å²) < 4.78 is 39.9. The van der Waals surface area contributed by atoms with E-state index in [4.69, 9.17) is 0 Å². The first-order valence-electron chi connectivity index (χ1n) is 10.9. The van der Waals surface area contributed by atoms with E-state index in [-0.39, 0.29) is 21.6 Å². The van der Waals surface area contributed by atoms with Gasteiger partial charge in [-0.1, -0.05) is 11.3 Å². The van der Waals surface area contributed by atoms with Crippen LogP contribution in [0.25, 0.3) is 16.6 Å². The van der Waals surface area contributed by atoms with Crippen LogP contribution in [-0.4, -0.2) is 61.2 Å². The number of nitrogens with zero attached hydrogens (tertiary/aromatic N) is 3. The van der Waals surface area contributed by atoms with E-state index in [9.17, 15) is 27.5 Å². The molecule has 0 aliphatic rings. The van der Waals surface area contributed by atoms with E-state index in [1.165, 1.54) is 24.4 Å². The zero-order valence-electron chi connectivity index (χ0n) is 19.7. The first kappa shape index (κ1) is 26.1. The summed E-state index contributed by atoms with van der Waals surface area (Å²) in [6.45, 7) is 1.54. The second-order valence-corrected chi connectivity index (χ2v) is 11.1. The van der Waals surface area contributed by atoms with E-state index >= 15 is 0 Å². The number of benzene rings is 1. The molecule has 4 aromatic rings. The van der Waals surface area contributed by atoms with Crippen molar-refractivity contribution in [1.82, 2.24) is 19.2 Å². The summed E-state index contributed by atoms with van der Waals surface area (Å²) in [6, 6.07) is 10.3. The van der Waals surface area contributed by atoms with Crippen LogP contribution in [0.2, 0.25) is 0 Å². The van der Waals surface area contributed by atoms with Crippen LogP contribution in [0.4, 0.5) is 20.6 Å². The maximum absolute atomic E-state index is 13.1. The number of likely N-dealkylation sites (N-methyl/N-ethyl adjacent to an activating group) is 1. The predicted octanol–water partition coefficient (Wildman–Crippen LogP) is 2.78. The van der Waals surface area contributed by atoms with Crippen LogP contribution in [-0.2, 0) is 10.0 Å². The van der Waals surface area contributed by atoms with Crippen LogP contribution in [0.15, 0.2) is 63.7 Å². The largest absolute Gasteiger partial charge is 0.494 e. The highest BCUT2D eigenvalue weighted by Crippen LogP contribution is 2.27. The molecule has 0 aliphatic heterocycles. The molecule has 194 valence electrons. The maximum atomic E-state index is 13.1. The number of halogens is 1. The fourth-order valence-electron chi connectivity index (χ4n) is 3.43. The summed E-state index contributed by atoms with van der Waals surface area (Å²) in [5.74, 6) is -0.215. The van der Waals surface area contributed by atoms with Crippen molar-refractivity contribution < 1.29 is 22.7 Å². The van der Waals surface area contributed by atoms with E-state index in [1.807, 2.05) is 19.0 Å². The minimum absolute atomic E-state index is 0.0882. The number of pyridine rings is 2. The summed E-state index contributed by atoms with van der Waals surface area (Å²) in [7, 11) is -0.311. The molecule has 37 heavy (non-hydrogen) atoms. The number of aromatic nitrogens is 2. The molecule has 0 saturated heterocycles. The molecule has 0 saturated carbocycles. The Kier molecular flexibility index (Phi) is 7.42. The number of carbonyl (C=O) groups excluding carboxylic acids is 1. The number of nitrogens with one attached hydrogen (secondary N) is 3. The summed E-state index contributed by atoms with van der Waals surface area (Å²) in [5, 5.41) is 16.7. The third-order valence-electron chi connectivity index (χ3n) is 5.17. The quantitative estimate of drug-likeness (QED) is 0.264. The van der Waals surface area contributed by atoms with E-state index in [0.29, 0.717) is 28.7 Å². The summed E-state index contributed by atoms with van der Waals surface area (Å²) in [6.07, 6.45) is 1.19. The first-order chi connectivity index (χ1) is 17.5. The molecule has 1 aromatic carbocycles. The van der Waals surface area contributed by atoms with Gasteiger partial charge in [0.15, 0.2) is 5.13 Å². The molecule has 3 aromatic heterocycles. The zero-order chi connectivity index (χ0) is 26.7. The van der Waals surface area contributed by atoms with Gasteiger partial charge in [-0.25, -0.2) is 27.5 Å². The average molecular weight is 547 g/mol. The van der Waals surface area contributed by atoms with Crippen molar-refractivity contribution in [3.8, 4) is 11.7 Å². The fraction of sp³-hybridized carbons (Fsp3) is 0.174. The van der Waals surface area contributed by atoms with Crippen molar-refractivity contribution in [1.29, 1.82) is 0 Å². The van der Waals surface area contributed by atoms with Crippen LogP contribution >= 0.6 is 11.3 Å². The SMILES string of the molecule is CN(C)CCNc1ccc2c(O)n(-c3ccc(NC(=O)NS(=O)(=O)c4ccc(F)s4)cn3)c(=O)cc2c1. The van der Waals surface area contributed by atoms with E-state index in [1.54, 1.807) is 22.9 Å². The summed E-state index contributed by atoms with van der Waals surface area (Å²) >= 11 is 0.380. The molecule has 0 radical (unpaired) electrons. The lowest BCUT2D eigenvalue weighted by atomic mass is 10.1. The van der Waals surface area contributed by atoms with Gasteiger partial charge in [0.1, 0.15) is 10.0 Å². The van der Waals surface area contributed by atoms with Crippen molar-refractivity contribution in [2.45, 2.75) is 4.21 Å². The van der Waals surface area contributed by atoms with Crippen LogP contribution in [0.3, 0.4) is 0 Å². The Morgan fingerprint density at radius 3 is 2.54 bits per heavy atom. The van der Waals surface area contributed by atoms with Crippen LogP contribution in [0, 0.1) is 5.13 Å². The van der Waals surface area contributed by atoms with Gasteiger partial charge in [0.25, 0.3) is 15.6 Å². The number of aromatic hydroxyl groups is 1. The van der Waals surface area contributed by atoms with Gasteiger partial charge in [0.2, 0.25) is 5.88 Å². The van der Waals surface area contributed by atoms with Gasteiger partial charge in [-0.05, 0) is 61.9 Å². The van der Waals surface area contributed by atoms with Gasteiger partial charge in [-0.15, -0.1) is 0 Å². The molecule has 0 bridgehead atoms. The Morgan fingerprint density at radius 2 is 1.89 bits per heavy atom. The topological polar surface area (TPSA) is 146 Å². The Bertz CT molecular complexity index is 1620. The number of carbonyl (C=O) groups is 1. The standard InChI is InChI=1S/C23H23FN6O5S2/c1-29(2)10-9-25-15-3-5-17-14(11-15)12-20(31)30(22(17)32)19-7-4-16(13-26-19)27-23(33)28-37(34,35)21-8-6-18(24)36-21/h3-8,11-13,25,32H,9-10H2,1-2H3,(H2,27,28,33). The van der Waals surface area contributed by atoms with E-state index in [0.717, 1.165) is 28.9 Å². The number of hydrogen-bond acceptors (Lipinski definition) is 9. The third kappa shape index (κ3) is 6.04. The Labute approximate surface area is 215 Å². The smallest absolute Gasteiger partial charge is 0.333 e. The lowest BCUT2D eigenvalue weighted by molar-refractivity contribution is 0.256. The molecule has 0 aliphatic carbocycles. The number of hydrogen-bond donors (Lipinski definition) is 4. The van der Waals surface area contributed by atoms with Crippen molar-refractivity contribution >= 4 is 49.5 Å². The predicted molar refractivity (Wildman–Crippen MR) is 140 cm³/mol. The van der Waals surface area contributed by atoms with Gasteiger partial charge in [-0.3, -0.25) is 4.79 Å². The fourth-order valence-corrected chi connectivity index (χ4v) is 5.34. The van der Waals surface area contributed by atoms with Crippen molar-refractivity contribution in [2.24, 2.45) is 0 Å². The van der Waals surface area contributed by atoms with Crippen molar-refractivity contribution in [3.63, 3.8) is 0 Å². The lowest BCUT2D eigenvalue weighted by Crippen LogP contribution is -2.34. The molecule has 14 heteroatoms. The number of fused-ring (bicyclic) bond motifs is 1. The minimum Gasteiger partial charge on any atom is -0.494 e. The second kappa shape index (κ2) is 10.5. The molecular formula is C23H23FN6O5S2. The van der Waals surface area contributed by atoms with E-state index < -0.39 is 26.7 Å². The summed E-state index contributed by atoms with van der Waals surface area (Å²) in [5.41, 5.74) is 0.412. The van der Waals surface area contributed by atoms with Crippen LogP contribution < -0.4 is 20.9 Å². The number of sulfonamides is 1. The zero-order valence-corrected chi connectivity index (χ0v) is 21.4. The molecule has 0 fully saturated rings. The number of amides is 2. The molecular weight excluding hydrogens is 523 g/mol. The normalized spacial score (nSPS) is 11.6. The number of rotatable bonds is 8. The highest BCUT2D eigenvalue weighted by atomic mass is 32.2. The number of thiophene rings is 1. The minimum atomic E-state index is -4.24. The monoisotopic (exact) mass is 546 g/mol. The van der Waals surface area contributed by atoms with Crippen molar-refractivity contribution in [2.75, 3.05) is 37.8 Å². The van der Waals surface area contributed by atoms with Crippen LogP contribution in [0.1, 0.15) is 0 Å². The molecule has 2 amide bonds. The van der Waals surface area contributed by atoms with Gasteiger partial charge in [-0.2, -0.15) is 4.39 Å². The second-order valence-electron chi connectivity index (χ2n) is 8.20. The third-order valence-corrected chi connectivity index (χ3v) is 7.86. The molecule has 3 heterocycles. The molecule has 0 spiro atoms. The van der Waals surface area contributed by atoms with Gasteiger partial charge in [0, 0.05) is 30.2 Å². The maximum Gasteiger partial charge on any atom is 0.333 e. The van der Waals surface area contributed by atoms with Crippen molar-refractivity contribution in [3.05, 3.63) is 70.2 Å². The number of anilines is 2. The van der Waals surface area contributed by atoms with Gasteiger partial charge in [0.05, 0.1) is 11.9 Å². The highest BCUT2D eigenvalue weighted by molar-refractivity contribution is 7.92. The number of urea groups is 1. The van der Waals surface area contributed by atoms with Gasteiger partial charge >= 0.3 is 6.03 Å². The molecule has 4 N–H and O–H groups in total. The lowest BCUT2D eigenvalue weighted by Gasteiger charge is -2.14.